The summed E-state index contributed by atoms with van der Waals surface area (Å²) in [6.07, 6.45) is 4.62. The molecule has 0 saturated heterocycles. The van der Waals surface area contributed by atoms with E-state index in [-0.39, 0.29) is 5.75 Å². The third-order valence-corrected chi connectivity index (χ3v) is 6.17. The monoisotopic (exact) mass is 438 g/mol. The molecule has 0 N–H and O–H groups in total. The molecule has 0 atom stereocenters. The van der Waals surface area contributed by atoms with Gasteiger partial charge in [0.2, 0.25) is 0 Å². The van der Waals surface area contributed by atoms with Crippen LogP contribution in [0, 0.1) is 6.92 Å². The number of hydrogen-bond acceptors (Lipinski definition) is 5. The van der Waals surface area contributed by atoms with Crippen LogP contribution >= 0.6 is 15.9 Å². The van der Waals surface area contributed by atoms with Crippen molar-refractivity contribution in [3.8, 4) is 17.1 Å². The zero-order chi connectivity index (χ0) is 18.7. The van der Waals surface area contributed by atoms with Crippen molar-refractivity contribution in [2.24, 2.45) is 0 Å². The number of alkyl halides is 1. The summed E-state index contributed by atoms with van der Waals surface area (Å²) >= 11 is 3.53. The van der Waals surface area contributed by atoms with Crippen LogP contribution in [0.1, 0.15) is 35.4 Å². The Morgan fingerprint density at radius 3 is 2.77 bits per heavy atom. The summed E-state index contributed by atoms with van der Waals surface area (Å²) in [5.41, 5.74) is 6.82. The van der Waals surface area contributed by atoms with Crippen molar-refractivity contribution < 1.29 is 13.2 Å². The maximum atomic E-state index is 11.2. The number of halogens is 1. The van der Waals surface area contributed by atoms with E-state index >= 15 is 0 Å². The summed E-state index contributed by atoms with van der Waals surface area (Å²) in [6.45, 7) is 2.29. The average molecular weight is 439 g/mol. The predicted octanol–water partition coefficient (Wildman–Crippen LogP) is 3.65. The highest BCUT2D eigenvalue weighted by Crippen LogP contribution is 2.35. The molecule has 1 aromatic heterocycles. The average Bonchev–Trinajstić information content (AvgIpc) is 2.76. The third kappa shape index (κ3) is 4.62. The number of fused-ring (bicyclic) bond motifs is 3. The molecule has 0 spiro atoms. The molecule has 2 aromatic rings. The fourth-order valence-corrected chi connectivity index (χ4v) is 4.28. The van der Waals surface area contributed by atoms with Gasteiger partial charge in [0, 0.05) is 17.1 Å². The molecule has 1 heterocycles. The first-order chi connectivity index (χ1) is 12.4. The van der Waals surface area contributed by atoms with Gasteiger partial charge in [0.25, 0.3) is 0 Å². The Hall–Kier alpha value is -1.47. The lowest BCUT2D eigenvalue weighted by Crippen LogP contribution is -2.10. The van der Waals surface area contributed by atoms with Gasteiger partial charge in [0.15, 0.2) is 0 Å². The summed E-state index contributed by atoms with van der Waals surface area (Å²) < 4.78 is 28.0. The van der Waals surface area contributed by atoms with Crippen LogP contribution in [0.25, 0.3) is 11.1 Å². The van der Waals surface area contributed by atoms with E-state index in [1.165, 1.54) is 22.9 Å². The Bertz CT molecular complexity index is 913. The lowest BCUT2D eigenvalue weighted by Gasteiger charge is -2.14. The first kappa shape index (κ1) is 19.3. The number of sulfone groups is 1. The number of benzene rings is 1. The molecule has 1 aliphatic carbocycles. The maximum Gasteiger partial charge on any atom is 0.316 e. The molecule has 0 aliphatic heterocycles. The van der Waals surface area contributed by atoms with Gasteiger partial charge in [0.05, 0.1) is 23.7 Å². The van der Waals surface area contributed by atoms with Crippen LogP contribution in [0.15, 0.2) is 18.2 Å². The summed E-state index contributed by atoms with van der Waals surface area (Å²) in [4.78, 5) is 9.15. The predicted molar refractivity (Wildman–Crippen MR) is 107 cm³/mol. The van der Waals surface area contributed by atoms with E-state index in [0.29, 0.717) is 19.0 Å². The van der Waals surface area contributed by atoms with Crippen molar-refractivity contribution in [3.63, 3.8) is 0 Å². The molecule has 0 saturated carbocycles. The van der Waals surface area contributed by atoms with Crippen molar-refractivity contribution in [1.29, 1.82) is 0 Å². The summed E-state index contributed by atoms with van der Waals surface area (Å²) in [6, 6.07) is 6.93. The van der Waals surface area contributed by atoms with Crippen molar-refractivity contribution in [2.45, 2.75) is 37.9 Å². The zero-order valence-corrected chi connectivity index (χ0v) is 17.5. The lowest BCUT2D eigenvalue weighted by atomic mass is 9.96. The Morgan fingerprint density at radius 1 is 1.23 bits per heavy atom. The molecule has 0 bridgehead atoms. The number of ether oxygens (including phenoxy) is 1. The highest BCUT2D eigenvalue weighted by molar-refractivity contribution is 9.08. The molecule has 0 amide bonds. The Labute approximate surface area is 163 Å². The molecular weight excluding hydrogens is 416 g/mol. The highest BCUT2D eigenvalue weighted by Gasteiger charge is 2.20. The van der Waals surface area contributed by atoms with Gasteiger partial charge in [0.1, 0.15) is 9.84 Å². The summed E-state index contributed by atoms with van der Waals surface area (Å²) in [7, 11) is -2.97. The second kappa shape index (κ2) is 8.05. The van der Waals surface area contributed by atoms with Gasteiger partial charge >= 0.3 is 6.01 Å². The maximum absolute atomic E-state index is 11.2. The van der Waals surface area contributed by atoms with E-state index in [4.69, 9.17) is 4.74 Å². The van der Waals surface area contributed by atoms with E-state index in [9.17, 15) is 8.42 Å². The number of nitrogens with zero attached hydrogens (tertiary/aromatic N) is 2. The minimum Gasteiger partial charge on any atom is -0.463 e. The summed E-state index contributed by atoms with van der Waals surface area (Å²) in [5.74, 6) is 0.111. The van der Waals surface area contributed by atoms with Crippen LogP contribution < -0.4 is 4.74 Å². The van der Waals surface area contributed by atoms with Crippen molar-refractivity contribution in [2.75, 3.05) is 18.6 Å². The molecule has 140 valence electrons. The minimum atomic E-state index is -2.97. The molecule has 0 radical (unpaired) electrons. The van der Waals surface area contributed by atoms with Gasteiger partial charge < -0.3 is 4.74 Å². The third-order valence-electron chi connectivity index (χ3n) is 4.49. The molecule has 1 aromatic carbocycles. The molecular formula is C19H23BrN2O3S. The fourth-order valence-electron chi connectivity index (χ4n) is 3.29. The standard InChI is InChI=1S/C19H23BrN2O3S/c1-13-18-16-11-14(12-20)7-8-15(16)5-3-6-17(18)22-19(21-13)25-9-4-10-26(2,23)24/h7-8,11H,3-6,9-10,12H2,1-2H3. The number of aryl methyl sites for hydroxylation is 3. The van der Waals surface area contributed by atoms with E-state index < -0.39 is 9.84 Å². The van der Waals surface area contributed by atoms with Crippen LogP contribution in [-0.4, -0.2) is 37.0 Å². The first-order valence-electron chi connectivity index (χ1n) is 8.73. The van der Waals surface area contributed by atoms with Gasteiger partial charge in [-0.1, -0.05) is 28.1 Å². The molecule has 0 fully saturated rings. The van der Waals surface area contributed by atoms with Crippen LogP contribution in [0.2, 0.25) is 0 Å². The van der Waals surface area contributed by atoms with E-state index in [2.05, 4.69) is 44.1 Å². The number of rotatable bonds is 6. The molecule has 5 nitrogen and oxygen atoms in total. The topological polar surface area (TPSA) is 69.2 Å². The fraction of sp³-hybridized carbons (Fsp3) is 0.474. The molecule has 26 heavy (non-hydrogen) atoms. The van der Waals surface area contributed by atoms with Gasteiger partial charge in [-0.2, -0.15) is 9.97 Å². The quantitative estimate of drug-likeness (QED) is 0.508. The van der Waals surface area contributed by atoms with E-state index in [0.717, 1.165) is 41.5 Å². The number of aromatic nitrogens is 2. The molecule has 1 aliphatic rings. The van der Waals surface area contributed by atoms with Crippen molar-refractivity contribution in [1.82, 2.24) is 9.97 Å². The van der Waals surface area contributed by atoms with Crippen LogP contribution in [-0.2, 0) is 28.0 Å². The van der Waals surface area contributed by atoms with Crippen molar-refractivity contribution >= 4 is 25.8 Å². The Morgan fingerprint density at radius 2 is 2.04 bits per heavy atom. The van der Waals surface area contributed by atoms with Crippen LogP contribution in [0.3, 0.4) is 0 Å². The van der Waals surface area contributed by atoms with Crippen LogP contribution in [0.4, 0.5) is 0 Å². The zero-order valence-electron chi connectivity index (χ0n) is 15.1. The van der Waals surface area contributed by atoms with Crippen molar-refractivity contribution in [3.05, 3.63) is 40.7 Å². The Balaban J connectivity index is 1.87. The number of hydrogen-bond donors (Lipinski definition) is 0. The molecule has 3 rings (SSSR count). The normalized spacial score (nSPS) is 13.7. The van der Waals surface area contributed by atoms with Gasteiger partial charge in [-0.25, -0.2) is 8.42 Å². The highest BCUT2D eigenvalue weighted by atomic mass is 79.9. The molecule has 7 heteroatoms. The SMILES string of the molecule is Cc1nc(OCCCS(C)(=O)=O)nc2c1-c1cc(CBr)ccc1CCC2. The second-order valence-electron chi connectivity index (χ2n) is 6.72. The van der Waals surface area contributed by atoms with Gasteiger partial charge in [-0.3, -0.25) is 0 Å². The second-order valence-corrected chi connectivity index (χ2v) is 9.54. The minimum absolute atomic E-state index is 0.111. The van der Waals surface area contributed by atoms with E-state index in [1.54, 1.807) is 0 Å². The molecule has 0 unspecified atom stereocenters. The van der Waals surface area contributed by atoms with Gasteiger partial charge in [-0.05, 0) is 55.4 Å². The smallest absolute Gasteiger partial charge is 0.316 e. The van der Waals surface area contributed by atoms with Crippen LogP contribution in [0.5, 0.6) is 6.01 Å². The van der Waals surface area contributed by atoms with E-state index in [1.807, 2.05) is 6.92 Å². The largest absolute Gasteiger partial charge is 0.463 e. The first-order valence-corrected chi connectivity index (χ1v) is 11.9. The Kier molecular flexibility index (Phi) is 5.97. The summed E-state index contributed by atoms with van der Waals surface area (Å²) in [5, 5.41) is 0.817. The lowest BCUT2D eigenvalue weighted by molar-refractivity contribution is 0.291. The van der Waals surface area contributed by atoms with Gasteiger partial charge in [-0.15, -0.1) is 0 Å².